The van der Waals surface area contributed by atoms with Crippen LogP contribution >= 0.6 is 0 Å². The molecular weight excluding hydrogens is 819 g/mol. The molecule has 16 nitrogen and oxygen atoms in total. The summed E-state index contributed by atoms with van der Waals surface area (Å²) in [6.07, 6.45) is 4.51. The van der Waals surface area contributed by atoms with E-state index < -0.39 is 24.7 Å². The van der Waals surface area contributed by atoms with E-state index in [4.69, 9.17) is 49.7 Å². The molecule has 1 atom stereocenters. The zero-order valence-corrected chi connectivity index (χ0v) is 39.4. The van der Waals surface area contributed by atoms with Gasteiger partial charge < -0.3 is 44.8 Å². The number of carbonyl (C=O) groups excluding carboxylic acids is 1. The number of hydrogen-bond acceptors (Lipinski definition) is 15. The molecule has 0 saturated heterocycles. The second-order valence-corrected chi connectivity index (χ2v) is 18.4. The Bertz CT molecular complexity index is 1890. The molecule has 0 aliphatic carbocycles. The minimum absolute atomic E-state index is 0.490. The monoisotopic (exact) mass is 883 g/mol. The molecule has 0 radical (unpaired) electrons. The van der Waals surface area contributed by atoms with Crippen LogP contribution in [0.4, 0.5) is 0 Å². The van der Waals surface area contributed by atoms with E-state index in [1.807, 2.05) is 103 Å². The summed E-state index contributed by atoms with van der Waals surface area (Å²) in [6.45, 7) is 25.4. The molecule has 0 aromatic heterocycles. The van der Waals surface area contributed by atoms with Crippen LogP contribution in [0.1, 0.15) is 100 Å². The number of nitrogens with two attached hydrogens (primary N) is 2. The van der Waals surface area contributed by atoms with E-state index in [1.54, 1.807) is 6.07 Å². The zero-order chi connectivity index (χ0) is 45.7. The molecule has 0 bridgehead atoms. The molecule has 3 aliphatic rings. The summed E-state index contributed by atoms with van der Waals surface area (Å²) in [5.41, 5.74) is 15.3. The first-order chi connectivity index (χ1) is 28.8. The van der Waals surface area contributed by atoms with E-state index in [-0.39, 0.29) is 0 Å². The number of para-hydroxylation sites is 3. The number of rotatable bonds is 11. The third kappa shape index (κ3) is 19.7. The topological polar surface area (TPSA) is 219 Å². The maximum absolute atomic E-state index is 10.8. The molecule has 3 aliphatic heterocycles. The predicted molar refractivity (Wildman–Crippen MR) is 240 cm³/mol. The van der Waals surface area contributed by atoms with Gasteiger partial charge in [-0.05, 0) is 37.8 Å². The Labute approximate surface area is 372 Å². The molecule has 0 fully saturated rings. The van der Waals surface area contributed by atoms with Gasteiger partial charge in [-0.25, -0.2) is 0 Å². The van der Waals surface area contributed by atoms with Crippen molar-refractivity contribution in [2.45, 2.75) is 99.5 Å². The molecule has 61 heavy (non-hydrogen) atoms. The fraction of sp³-hybridized carbons (Fsp3) is 0.512. The van der Waals surface area contributed by atoms with Crippen molar-refractivity contribution in [1.82, 2.24) is 4.90 Å². The number of aldehydes is 1. The van der Waals surface area contributed by atoms with Crippen molar-refractivity contribution in [2.24, 2.45) is 21.5 Å². The Morgan fingerprint density at radius 3 is 1.26 bits per heavy atom. The van der Waals surface area contributed by atoms with E-state index >= 15 is 0 Å². The SMILES string of the molecule is CC1(C)OCc2cccc(C=NCCN=Cc3cccc4c3OC(C)(C)OC4)c2O1.CC1(C)OCc2cccc(C=O)c2O1.CCN(CC)CC.NCCN.O=[S](O)(=[Mg])OO. The first-order valence-electron chi connectivity index (χ1n) is 20.1. The fourth-order valence-corrected chi connectivity index (χ4v) is 5.52. The van der Waals surface area contributed by atoms with Crippen molar-refractivity contribution >= 4 is 45.8 Å². The van der Waals surface area contributed by atoms with Crippen molar-refractivity contribution in [3.63, 3.8) is 0 Å². The van der Waals surface area contributed by atoms with E-state index in [2.05, 4.69) is 40.0 Å². The number of nitrogens with zero attached hydrogens (tertiary/aromatic N) is 3. The van der Waals surface area contributed by atoms with Gasteiger partial charge in [0.1, 0.15) is 17.2 Å². The van der Waals surface area contributed by atoms with Gasteiger partial charge in [0.2, 0.25) is 17.4 Å². The average molecular weight is 884 g/mol. The van der Waals surface area contributed by atoms with Crippen LogP contribution in [-0.2, 0) is 45.7 Å². The molecule has 0 amide bonds. The van der Waals surface area contributed by atoms with Crippen LogP contribution in [0, 0.1) is 0 Å². The quantitative estimate of drug-likeness (QED) is 0.0425. The maximum atomic E-state index is 10.8. The summed E-state index contributed by atoms with van der Waals surface area (Å²) in [4.78, 5) is 22.2. The molecule has 3 heterocycles. The number of aliphatic imine (C=N–C) groups is 2. The van der Waals surface area contributed by atoms with Gasteiger partial charge in [0.25, 0.3) is 0 Å². The molecule has 336 valence electrons. The standard InChI is InChI=1S/C24H28N2O4.C11H12O3.C6H15N.C2H8N2.Mg.H2O4S/c1-23(2)27-15-19-9-5-7-17(21(19)29-23)13-25-11-12-26-14-18-8-6-10-20-16-28-24(3,4)30-22(18)20;1-11(2)13-7-9-5-3-4-8(6-12)10(9)14-11;1-4-7(5-2)6-3;3-1-2-4;;1-4-5(2)3/h5-10,13-14H,11-12,15-16H2,1-4H3;3-6H,7H2,1-2H3;4-6H2,1-3H3;1-4H2;;1H,(H,2,3). The second kappa shape index (κ2) is 26.3. The Hall–Kier alpha value is -3.37. The van der Waals surface area contributed by atoms with E-state index in [1.165, 1.54) is 19.6 Å². The molecular formula is C43H65MgN5O11S. The van der Waals surface area contributed by atoms with Gasteiger partial charge in [0.05, 0.1) is 38.5 Å². The summed E-state index contributed by atoms with van der Waals surface area (Å²) in [5.74, 6) is 0.443. The Morgan fingerprint density at radius 2 is 1.00 bits per heavy atom. The second-order valence-electron chi connectivity index (χ2n) is 14.9. The van der Waals surface area contributed by atoms with Crippen molar-refractivity contribution < 1.29 is 51.6 Å². The molecule has 6 N–H and O–H groups in total. The van der Waals surface area contributed by atoms with Gasteiger partial charge in [-0.2, -0.15) is 0 Å². The van der Waals surface area contributed by atoms with E-state index in [0.29, 0.717) is 77.1 Å². The van der Waals surface area contributed by atoms with Crippen molar-refractivity contribution in [2.75, 3.05) is 45.8 Å². The Kier molecular flexibility index (Phi) is 23.2. The molecule has 6 rings (SSSR count). The van der Waals surface area contributed by atoms with Crippen LogP contribution in [0.2, 0.25) is 0 Å². The zero-order valence-electron chi connectivity index (χ0n) is 37.2. The predicted octanol–water partition coefficient (Wildman–Crippen LogP) is 6.14. The van der Waals surface area contributed by atoms with Crippen LogP contribution in [0.5, 0.6) is 17.2 Å². The van der Waals surface area contributed by atoms with Gasteiger partial charge in [0.15, 0.2) is 6.29 Å². The van der Waals surface area contributed by atoms with E-state index in [0.717, 1.165) is 45.6 Å². The minimum atomic E-state index is -3.33. The van der Waals surface area contributed by atoms with Crippen LogP contribution in [0.15, 0.2) is 64.6 Å². The summed E-state index contributed by atoms with van der Waals surface area (Å²) in [6, 6.07) is 17.5. The first-order valence-corrected chi connectivity index (χ1v) is 23.5. The number of ether oxygens (including phenoxy) is 6. The molecule has 1 unspecified atom stereocenters. The van der Waals surface area contributed by atoms with Gasteiger partial charge in [0, 0.05) is 94.9 Å². The molecule has 0 spiro atoms. The van der Waals surface area contributed by atoms with Crippen LogP contribution < -0.4 is 25.7 Å². The summed E-state index contributed by atoms with van der Waals surface area (Å²) < 4.78 is 55.0. The fourth-order valence-electron chi connectivity index (χ4n) is 5.52. The number of benzene rings is 3. The van der Waals surface area contributed by atoms with Gasteiger partial charge in [-0.3, -0.25) is 14.8 Å². The van der Waals surface area contributed by atoms with Crippen LogP contribution in [0.3, 0.4) is 0 Å². The normalized spacial score (nSPS) is 17.2. The van der Waals surface area contributed by atoms with Crippen molar-refractivity contribution in [3.05, 3.63) is 88.0 Å². The third-order valence-electron chi connectivity index (χ3n) is 8.72. The number of hydrogen-bond donors (Lipinski definition) is 4. The first kappa shape index (κ1) is 53.8. The number of carbonyl (C=O) groups is 1. The van der Waals surface area contributed by atoms with Crippen LogP contribution in [-0.4, -0.2) is 121 Å². The average Bonchev–Trinajstić information content (AvgIpc) is 3.22. The summed E-state index contributed by atoms with van der Waals surface area (Å²) >= 11 is 0.671. The van der Waals surface area contributed by atoms with E-state index in [9.17, 15) is 9.00 Å². The number of fused-ring (bicyclic) bond motifs is 3. The summed E-state index contributed by atoms with van der Waals surface area (Å²) in [7, 11) is -3.33. The van der Waals surface area contributed by atoms with Crippen molar-refractivity contribution in [1.29, 1.82) is 0 Å². The Balaban J connectivity index is 0.000000339. The van der Waals surface area contributed by atoms with Crippen molar-refractivity contribution in [3.8, 4) is 17.2 Å². The van der Waals surface area contributed by atoms with Gasteiger partial charge in [-0.1, -0.05) is 57.2 Å². The molecule has 3 aromatic carbocycles. The molecule has 18 heteroatoms. The Morgan fingerprint density at radius 1 is 0.689 bits per heavy atom. The van der Waals surface area contributed by atoms with Gasteiger partial charge >= 0.3 is 45.5 Å². The molecule has 0 saturated carbocycles. The van der Waals surface area contributed by atoms with Gasteiger partial charge in [-0.15, -0.1) is 0 Å². The van der Waals surface area contributed by atoms with Crippen LogP contribution in [0.25, 0.3) is 0 Å². The summed E-state index contributed by atoms with van der Waals surface area (Å²) in [5, 5.41) is 7.38. The third-order valence-corrected chi connectivity index (χ3v) is 9.27. The molecule has 3 aromatic rings.